The second-order valence-electron chi connectivity index (χ2n) is 8.02. The van der Waals surface area contributed by atoms with Gasteiger partial charge in [0.15, 0.2) is 11.5 Å². The molecule has 7 heteroatoms. The van der Waals surface area contributed by atoms with Crippen molar-refractivity contribution in [2.75, 3.05) is 32.7 Å². The van der Waals surface area contributed by atoms with Crippen molar-refractivity contribution in [1.82, 2.24) is 4.98 Å². The number of hydrogen-bond acceptors (Lipinski definition) is 6. The number of halogens is 1. The Balaban J connectivity index is 0.00000231. The molecule has 162 valence electrons. The van der Waals surface area contributed by atoms with Gasteiger partial charge in [-0.15, -0.1) is 12.4 Å². The van der Waals surface area contributed by atoms with Gasteiger partial charge in [0.25, 0.3) is 0 Å². The molecule has 0 radical (unpaired) electrons. The molecular formula is C24H25ClN2O4. The average Bonchev–Trinajstić information content (AvgIpc) is 3.52. The van der Waals surface area contributed by atoms with E-state index in [2.05, 4.69) is 16.9 Å². The van der Waals surface area contributed by atoms with E-state index in [-0.39, 0.29) is 25.0 Å². The molecule has 0 amide bonds. The molecule has 3 aromatic rings. The molecule has 1 aliphatic heterocycles. The van der Waals surface area contributed by atoms with Crippen molar-refractivity contribution in [3.8, 4) is 22.6 Å². The van der Waals surface area contributed by atoms with E-state index in [1.54, 1.807) is 14.2 Å². The summed E-state index contributed by atoms with van der Waals surface area (Å²) in [6.45, 7) is 1.31. The molecule has 5 rings (SSSR count). The lowest BCUT2D eigenvalue weighted by atomic mass is 9.91. The summed E-state index contributed by atoms with van der Waals surface area (Å²) in [5.74, 6) is 2.69. The van der Waals surface area contributed by atoms with Gasteiger partial charge < -0.3 is 19.1 Å². The zero-order valence-electron chi connectivity index (χ0n) is 17.8. The SMILES string of the molecule is COc1cc2cc3c(c(-c4ccc(N(C)CC5CC5)nc4)c2cc1OC)C(=O)OC3.Cl. The van der Waals surface area contributed by atoms with E-state index in [1.165, 1.54) is 12.8 Å². The number of fused-ring (bicyclic) bond motifs is 2. The Labute approximate surface area is 187 Å². The Morgan fingerprint density at radius 3 is 2.48 bits per heavy atom. The minimum absolute atomic E-state index is 0. The van der Waals surface area contributed by atoms with Gasteiger partial charge in [-0.3, -0.25) is 0 Å². The molecule has 0 saturated heterocycles. The van der Waals surface area contributed by atoms with Gasteiger partial charge in [-0.1, -0.05) is 0 Å². The van der Waals surface area contributed by atoms with Crippen LogP contribution in [0.1, 0.15) is 28.8 Å². The third-order valence-electron chi connectivity index (χ3n) is 5.95. The maximum Gasteiger partial charge on any atom is 0.339 e. The van der Waals surface area contributed by atoms with Crippen LogP contribution in [0.25, 0.3) is 21.9 Å². The standard InChI is InChI=1S/C24H24N2O4.ClH/c1-26(12-14-4-5-14)21-7-6-15(11-25-21)22-18-10-20(29-3)19(28-2)9-16(18)8-17-13-30-24(27)23(17)22;/h6-11,14H,4-5,12-13H2,1-3H3;1H. The van der Waals surface area contributed by atoms with Gasteiger partial charge in [0.05, 0.1) is 19.8 Å². The molecule has 0 bridgehead atoms. The number of carbonyl (C=O) groups is 1. The van der Waals surface area contributed by atoms with E-state index in [0.717, 1.165) is 45.7 Å². The fraction of sp³-hybridized carbons (Fsp3) is 0.333. The minimum atomic E-state index is -0.299. The molecule has 31 heavy (non-hydrogen) atoms. The van der Waals surface area contributed by atoms with E-state index in [4.69, 9.17) is 14.2 Å². The van der Waals surface area contributed by atoms with Crippen LogP contribution in [0.3, 0.4) is 0 Å². The monoisotopic (exact) mass is 440 g/mol. The van der Waals surface area contributed by atoms with Crippen molar-refractivity contribution in [1.29, 1.82) is 0 Å². The molecular weight excluding hydrogens is 416 g/mol. The quantitative estimate of drug-likeness (QED) is 0.510. The number of carbonyl (C=O) groups excluding carboxylic acids is 1. The summed E-state index contributed by atoms with van der Waals surface area (Å²) in [4.78, 5) is 19.5. The Morgan fingerprint density at radius 2 is 1.84 bits per heavy atom. The van der Waals surface area contributed by atoms with Crippen LogP contribution in [0.15, 0.2) is 36.5 Å². The predicted octanol–water partition coefficient (Wildman–Crippen LogP) is 4.86. The summed E-state index contributed by atoms with van der Waals surface area (Å²) in [6, 6.07) is 9.90. The molecule has 0 N–H and O–H groups in total. The Kier molecular flexibility index (Phi) is 5.67. The highest BCUT2D eigenvalue weighted by Gasteiger charge is 2.29. The highest BCUT2D eigenvalue weighted by molar-refractivity contribution is 6.11. The topological polar surface area (TPSA) is 60.9 Å². The van der Waals surface area contributed by atoms with Crippen molar-refractivity contribution >= 4 is 35.0 Å². The molecule has 0 atom stereocenters. The van der Waals surface area contributed by atoms with Crippen LogP contribution in [-0.4, -0.2) is 38.8 Å². The summed E-state index contributed by atoms with van der Waals surface area (Å²) in [5.41, 5.74) is 3.20. The van der Waals surface area contributed by atoms with E-state index in [0.29, 0.717) is 17.1 Å². The van der Waals surface area contributed by atoms with Crippen molar-refractivity contribution < 1.29 is 19.0 Å². The van der Waals surface area contributed by atoms with Crippen LogP contribution in [-0.2, 0) is 11.3 Å². The van der Waals surface area contributed by atoms with Gasteiger partial charge in [0.1, 0.15) is 12.4 Å². The normalized spacial score (nSPS) is 14.6. The first kappa shape index (κ1) is 21.2. The predicted molar refractivity (Wildman–Crippen MR) is 123 cm³/mol. The highest BCUT2D eigenvalue weighted by atomic mass is 35.5. The van der Waals surface area contributed by atoms with Crippen LogP contribution >= 0.6 is 12.4 Å². The second-order valence-corrected chi connectivity index (χ2v) is 8.02. The molecule has 1 aliphatic carbocycles. The van der Waals surface area contributed by atoms with E-state index in [1.807, 2.05) is 36.5 Å². The van der Waals surface area contributed by atoms with Crippen molar-refractivity contribution in [3.05, 3.63) is 47.7 Å². The maximum absolute atomic E-state index is 12.6. The van der Waals surface area contributed by atoms with Gasteiger partial charge >= 0.3 is 5.97 Å². The molecule has 0 unspecified atom stereocenters. The Hall–Kier alpha value is -2.99. The summed E-state index contributed by atoms with van der Waals surface area (Å²) in [6.07, 6.45) is 4.45. The largest absolute Gasteiger partial charge is 0.493 e. The van der Waals surface area contributed by atoms with Gasteiger partial charge in [0.2, 0.25) is 0 Å². The number of anilines is 1. The molecule has 2 aliphatic rings. The number of ether oxygens (including phenoxy) is 3. The lowest BCUT2D eigenvalue weighted by Crippen LogP contribution is -2.20. The number of esters is 1. The van der Waals surface area contributed by atoms with Crippen LogP contribution in [0, 0.1) is 5.92 Å². The van der Waals surface area contributed by atoms with Crippen molar-refractivity contribution in [3.63, 3.8) is 0 Å². The smallest absolute Gasteiger partial charge is 0.339 e. The fourth-order valence-electron chi connectivity index (χ4n) is 4.19. The van der Waals surface area contributed by atoms with E-state index in [9.17, 15) is 4.79 Å². The Bertz CT molecular complexity index is 1140. The number of hydrogen-bond donors (Lipinski definition) is 0. The number of methoxy groups -OCH3 is 2. The van der Waals surface area contributed by atoms with Crippen LogP contribution in [0.4, 0.5) is 5.82 Å². The van der Waals surface area contributed by atoms with Crippen molar-refractivity contribution in [2.24, 2.45) is 5.92 Å². The number of pyridine rings is 1. The van der Waals surface area contributed by atoms with Crippen LogP contribution in [0.2, 0.25) is 0 Å². The zero-order valence-corrected chi connectivity index (χ0v) is 18.6. The first-order valence-corrected chi connectivity index (χ1v) is 10.2. The number of nitrogens with zero attached hydrogens (tertiary/aromatic N) is 2. The van der Waals surface area contributed by atoms with E-state index >= 15 is 0 Å². The first-order valence-electron chi connectivity index (χ1n) is 10.2. The zero-order chi connectivity index (χ0) is 20.8. The first-order chi connectivity index (χ1) is 14.6. The molecule has 1 aromatic heterocycles. The molecule has 6 nitrogen and oxygen atoms in total. The number of aromatic nitrogens is 1. The molecule has 1 saturated carbocycles. The molecule has 2 heterocycles. The van der Waals surface area contributed by atoms with Crippen LogP contribution in [0.5, 0.6) is 11.5 Å². The number of rotatable bonds is 6. The van der Waals surface area contributed by atoms with Gasteiger partial charge in [-0.2, -0.15) is 0 Å². The van der Waals surface area contributed by atoms with E-state index < -0.39 is 0 Å². The number of benzene rings is 2. The summed E-state index contributed by atoms with van der Waals surface area (Å²) < 4.78 is 16.3. The fourth-order valence-corrected chi connectivity index (χ4v) is 4.19. The molecule has 1 fully saturated rings. The van der Waals surface area contributed by atoms with Gasteiger partial charge in [0, 0.05) is 36.5 Å². The summed E-state index contributed by atoms with van der Waals surface area (Å²) in [5, 5.41) is 1.88. The maximum atomic E-state index is 12.6. The van der Waals surface area contributed by atoms with Gasteiger partial charge in [-0.25, -0.2) is 9.78 Å². The van der Waals surface area contributed by atoms with Crippen LogP contribution < -0.4 is 14.4 Å². The Morgan fingerprint density at radius 1 is 1.10 bits per heavy atom. The van der Waals surface area contributed by atoms with Gasteiger partial charge in [-0.05, 0) is 59.9 Å². The third kappa shape index (κ3) is 3.76. The second kappa shape index (κ2) is 8.27. The third-order valence-corrected chi connectivity index (χ3v) is 5.95. The minimum Gasteiger partial charge on any atom is -0.493 e. The molecule has 2 aromatic carbocycles. The summed E-state index contributed by atoms with van der Waals surface area (Å²) >= 11 is 0. The highest BCUT2D eigenvalue weighted by Crippen LogP contribution is 2.42. The molecule has 0 spiro atoms. The average molecular weight is 441 g/mol. The lowest BCUT2D eigenvalue weighted by molar-refractivity contribution is 0.0535. The lowest BCUT2D eigenvalue weighted by Gasteiger charge is -2.19. The number of cyclic esters (lactones) is 1. The van der Waals surface area contributed by atoms with Crippen molar-refractivity contribution in [2.45, 2.75) is 19.4 Å². The summed E-state index contributed by atoms with van der Waals surface area (Å²) in [7, 11) is 5.30.